The molecular weight excluding hydrogens is 309 g/mol. The standard InChI is InChI=1S/C16H13F3N2O2/c1-10-7-13-15(21(2)9-20-13)14(8-10)22-11-3-5-12(6-4-11)23-16(17,18)19/h3-9H,1-2H3. The highest BCUT2D eigenvalue weighted by molar-refractivity contribution is 5.83. The van der Waals surface area contributed by atoms with Crippen LogP contribution in [0.1, 0.15) is 5.56 Å². The number of aryl methyl sites for hydroxylation is 2. The van der Waals surface area contributed by atoms with E-state index in [0.717, 1.165) is 16.6 Å². The molecule has 0 bridgehead atoms. The normalized spacial score (nSPS) is 11.7. The molecular formula is C16H13F3N2O2. The van der Waals surface area contributed by atoms with Crippen LogP contribution in [0.2, 0.25) is 0 Å². The van der Waals surface area contributed by atoms with E-state index in [-0.39, 0.29) is 5.75 Å². The van der Waals surface area contributed by atoms with Crippen LogP contribution in [0.25, 0.3) is 11.0 Å². The third-order valence-corrected chi connectivity index (χ3v) is 3.21. The molecule has 1 aromatic heterocycles. The van der Waals surface area contributed by atoms with Gasteiger partial charge in [-0.15, -0.1) is 13.2 Å². The number of alkyl halides is 3. The van der Waals surface area contributed by atoms with Crippen molar-refractivity contribution in [3.63, 3.8) is 0 Å². The van der Waals surface area contributed by atoms with E-state index < -0.39 is 6.36 Å². The molecule has 7 heteroatoms. The monoisotopic (exact) mass is 322 g/mol. The maximum absolute atomic E-state index is 12.2. The van der Waals surface area contributed by atoms with Gasteiger partial charge in [-0.25, -0.2) is 4.98 Å². The second kappa shape index (κ2) is 5.49. The minimum absolute atomic E-state index is 0.292. The average Bonchev–Trinajstić information content (AvgIpc) is 2.81. The molecule has 4 nitrogen and oxygen atoms in total. The van der Waals surface area contributed by atoms with Crippen LogP contribution in [-0.2, 0) is 7.05 Å². The van der Waals surface area contributed by atoms with Gasteiger partial charge in [0.15, 0.2) is 5.75 Å². The highest BCUT2D eigenvalue weighted by atomic mass is 19.4. The van der Waals surface area contributed by atoms with Crippen LogP contribution in [0.15, 0.2) is 42.7 Å². The van der Waals surface area contributed by atoms with E-state index in [1.165, 1.54) is 24.3 Å². The lowest BCUT2D eigenvalue weighted by molar-refractivity contribution is -0.274. The summed E-state index contributed by atoms with van der Waals surface area (Å²) < 4.78 is 47.9. The lowest BCUT2D eigenvalue weighted by Gasteiger charge is -2.11. The van der Waals surface area contributed by atoms with Gasteiger partial charge in [0, 0.05) is 7.05 Å². The van der Waals surface area contributed by atoms with Crippen LogP contribution < -0.4 is 9.47 Å². The number of imidazole rings is 1. The Morgan fingerprint density at radius 2 is 1.70 bits per heavy atom. The van der Waals surface area contributed by atoms with Crippen molar-refractivity contribution in [1.29, 1.82) is 0 Å². The smallest absolute Gasteiger partial charge is 0.455 e. The summed E-state index contributed by atoms with van der Waals surface area (Å²) in [6, 6.07) is 9.04. The fourth-order valence-corrected chi connectivity index (χ4v) is 2.30. The van der Waals surface area contributed by atoms with E-state index in [4.69, 9.17) is 4.74 Å². The molecule has 3 aromatic rings. The highest BCUT2D eigenvalue weighted by Gasteiger charge is 2.31. The molecule has 0 unspecified atom stereocenters. The summed E-state index contributed by atoms with van der Waals surface area (Å²) in [5.74, 6) is 0.705. The third kappa shape index (κ3) is 3.39. The molecule has 23 heavy (non-hydrogen) atoms. The zero-order chi connectivity index (χ0) is 16.6. The number of nitrogens with zero attached hydrogens (tertiary/aromatic N) is 2. The Bertz CT molecular complexity index is 839. The van der Waals surface area contributed by atoms with Crippen molar-refractivity contribution >= 4 is 11.0 Å². The first-order chi connectivity index (χ1) is 10.8. The Hall–Kier alpha value is -2.70. The van der Waals surface area contributed by atoms with Crippen LogP contribution in [0.4, 0.5) is 13.2 Å². The van der Waals surface area contributed by atoms with E-state index in [0.29, 0.717) is 11.5 Å². The number of hydrogen-bond donors (Lipinski definition) is 0. The predicted molar refractivity (Wildman–Crippen MR) is 78.7 cm³/mol. The first-order valence-corrected chi connectivity index (χ1v) is 6.77. The zero-order valence-corrected chi connectivity index (χ0v) is 12.4. The largest absolute Gasteiger partial charge is 0.573 e. The molecule has 0 atom stereocenters. The maximum Gasteiger partial charge on any atom is 0.573 e. The van der Waals surface area contributed by atoms with Crippen LogP contribution in [-0.4, -0.2) is 15.9 Å². The molecule has 0 N–H and O–H groups in total. The van der Waals surface area contributed by atoms with Gasteiger partial charge in [-0.05, 0) is 48.9 Å². The van der Waals surface area contributed by atoms with E-state index in [9.17, 15) is 13.2 Å². The Kier molecular flexibility index (Phi) is 3.63. The minimum atomic E-state index is -4.71. The molecule has 0 aliphatic heterocycles. The number of aromatic nitrogens is 2. The summed E-state index contributed by atoms with van der Waals surface area (Å²) in [5.41, 5.74) is 2.58. The predicted octanol–water partition coefficient (Wildman–Crippen LogP) is 4.57. The van der Waals surface area contributed by atoms with Crippen molar-refractivity contribution in [2.45, 2.75) is 13.3 Å². The van der Waals surface area contributed by atoms with Crippen LogP contribution >= 0.6 is 0 Å². The van der Waals surface area contributed by atoms with Crippen molar-refractivity contribution in [2.24, 2.45) is 7.05 Å². The Labute approximate surface area is 130 Å². The van der Waals surface area contributed by atoms with Gasteiger partial charge in [-0.3, -0.25) is 0 Å². The van der Waals surface area contributed by atoms with Crippen LogP contribution in [0.3, 0.4) is 0 Å². The number of rotatable bonds is 3. The van der Waals surface area contributed by atoms with Crippen molar-refractivity contribution in [1.82, 2.24) is 9.55 Å². The van der Waals surface area contributed by atoms with Gasteiger partial charge in [0.1, 0.15) is 17.0 Å². The molecule has 0 radical (unpaired) electrons. The Morgan fingerprint density at radius 1 is 1.04 bits per heavy atom. The zero-order valence-electron chi connectivity index (χ0n) is 12.4. The average molecular weight is 322 g/mol. The molecule has 0 aliphatic carbocycles. The SMILES string of the molecule is Cc1cc(Oc2ccc(OC(F)(F)F)cc2)c2c(c1)ncn2C. The summed E-state index contributed by atoms with van der Waals surface area (Å²) in [5, 5.41) is 0. The second-order valence-electron chi connectivity index (χ2n) is 5.11. The molecule has 0 saturated heterocycles. The fraction of sp³-hybridized carbons (Fsp3) is 0.188. The Morgan fingerprint density at radius 3 is 2.35 bits per heavy atom. The lowest BCUT2D eigenvalue weighted by Crippen LogP contribution is -2.16. The van der Waals surface area contributed by atoms with Crippen LogP contribution in [0, 0.1) is 6.92 Å². The van der Waals surface area contributed by atoms with Crippen molar-refractivity contribution in [3.8, 4) is 17.2 Å². The molecule has 0 fully saturated rings. The fourth-order valence-electron chi connectivity index (χ4n) is 2.30. The number of benzene rings is 2. The maximum atomic E-state index is 12.2. The third-order valence-electron chi connectivity index (χ3n) is 3.21. The van der Waals surface area contributed by atoms with Gasteiger partial charge in [0.25, 0.3) is 0 Å². The first kappa shape index (κ1) is 15.2. The minimum Gasteiger partial charge on any atom is -0.455 e. The van der Waals surface area contributed by atoms with E-state index >= 15 is 0 Å². The van der Waals surface area contributed by atoms with Gasteiger partial charge < -0.3 is 14.0 Å². The number of hydrogen-bond acceptors (Lipinski definition) is 3. The second-order valence-corrected chi connectivity index (χ2v) is 5.11. The molecule has 0 saturated carbocycles. The van der Waals surface area contributed by atoms with Crippen molar-refractivity contribution in [2.75, 3.05) is 0 Å². The molecule has 3 rings (SSSR count). The number of fused-ring (bicyclic) bond motifs is 1. The molecule has 0 amide bonds. The molecule has 2 aromatic carbocycles. The van der Waals surface area contributed by atoms with E-state index in [1.54, 1.807) is 6.33 Å². The molecule has 1 heterocycles. The molecule has 0 aliphatic rings. The van der Waals surface area contributed by atoms with E-state index in [1.807, 2.05) is 30.7 Å². The lowest BCUT2D eigenvalue weighted by atomic mass is 10.2. The van der Waals surface area contributed by atoms with Gasteiger partial charge in [0.2, 0.25) is 0 Å². The molecule has 0 spiro atoms. The molecule has 120 valence electrons. The highest BCUT2D eigenvalue weighted by Crippen LogP contribution is 2.32. The van der Waals surface area contributed by atoms with E-state index in [2.05, 4.69) is 9.72 Å². The van der Waals surface area contributed by atoms with Gasteiger partial charge in [-0.2, -0.15) is 0 Å². The summed E-state index contributed by atoms with van der Waals surface area (Å²) >= 11 is 0. The number of halogens is 3. The summed E-state index contributed by atoms with van der Waals surface area (Å²) in [4.78, 5) is 4.27. The van der Waals surface area contributed by atoms with Gasteiger partial charge in [-0.1, -0.05) is 0 Å². The number of ether oxygens (including phenoxy) is 2. The van der Waals surface area contributed by atoms with Crippen molar-refractivity contribution in [3.05, 3.63) is 48.3 Å². The van der Waals surface area contributed by atoms with Crippen LogP contribution in [0.5, 0.6) is 17.2 Å². The quantitative estimate of drug-likeness (QED) is 0.708. The van der Waals surface area contributed by atoms with Gasteiger partial charge >= 0.3 is 6.36 Å². The van der Waals surface area contributed by atoms with Gasteiger partial charge in [0.05, 0.1) is 11.8 Å². The van der Waals surface area contributed by atoms with Crippen molar-refractivity contribution < 1.29 is 22.6 Å². The summed E-state index contributed by atoms with van der Waals surface area (Å²) in [7, 11) is 1.85. The summed E-state index contributed by atoms with van der Waals surface area (Å²) in [6.45, 7) is 1.92. The first-order valence-electron chi connectivity index (χ1n) is 6.77. The summed E-state index contributed by atoms with van der Waals surface area (Å²) in [6.07, 6.45) is -3.03. The topological polar surface area (TPSA) is 36.3 Å². The Balaban J connectivity index is 1.89.